The summed E-state index contributed by atoms with van der Waals surface area (Å²) in [6.45, 7) is -0.0206. The van der Waals surface area contributed by atoms with Gasteiger partial charge < -0.3 is 30.9 Å². The number of ether oxygens (including phenoxy) is 1. The molecule has 1 amide bonds. The van der Waals surface area contributed by atoms with Crippen LogP contribution in [-0.4, -0.2) is 93.0 Å². The Morgan fingerprint density at radius 1 is 1.14 bits per heavy atom. The highest BCUT2D eigenvalue weighted by Crippen LogP contribution is 2.53. The lowest BCUT2D eigenvalue weighted by Crippen LogP contribution is -2.63. The zero-order chi connectivity index (χ0) is 30.7. The number of aliphatic hydroxyl groups is 3. The molecule has 0 aliphatic heterocycles. The summed E-state index contributed by atoms with van der Waals surface area (Å²) in [7, 11) is 4.58. The number of phenols is 1. The molecule has 4 atom stereocenters. The van der Waals surface area contributed by atoms with Crippen LogP contribution in [0, 0.1) is 11.8 Å². The number of Topliss-reactive ketones (excluding diaryl/α,β-unsaturated/α-hetero) is 3. The van der Waals surface area contributed by atoms with Crippen LogP contribution in [0.2, 0.25) is 0 Å². The molecule has 1 aromatic heterocycles. The predicted molar refractivity (Wildman–Crippen MR) is 147 cm³/mol. The van der Waals surface area contributed by atoms with E-state index in [9.17, 15) is 39.6 Å². The zero-order valence-electron chi connectivity index (χ0n) is 23.2. The molecule has 12 heteroatoms. The van der Waals surface area contributed by atoms with Gasteiger partial charge in [0.25, 0.3) is 5.91 Å². The molecule has 5 rings (SSSR count). The van der Waals surface area contributed by atoms with E-state index in [1.807, 2.05) is 0 Å². The summed E-state index contributed by atoms with van der Waals surface area (Å²) in [5.74, 6) is -7.19. The van der Waals surface area contributed by atoms with Crippen LogP contribution < -0.4 is 5.73 Å². The Morgan fingerprint density at radius 3 is 2.45 bits per heavy atom. The summed E-state index contributed by atoms with van der Waals surface area (Å²) < 4.78 is 4.87. The highest BCUT2D eigenvalue weighted by molar-refractivity contribution is 6.24. The number of primary amides is 1. The van der Waals surface area contributed by atoms with Crippen molar-refractivity contribution in [3.63, 3.8) is 0 Å². The van der Waals surface area contributed by atoms with Gasteiger partial charge in [-0.15, -0.1) is 0 Å². The smallest absolute Gasteiger partial charge is 0.255 e. The number of hydrogen-bond donors (Lipinski definition) is 5. The van der Waals surface area contributed by atoms with Crippen molar-refractivity contribution in [2.45, 2.75) is 30.9 Å². The number of pyridine rings is 1. The van der Waals surface area contributed by atoms with E-state index >= 15 is 0 Å². The van der Waals surface area contributed by atoms with Gasteiger partial charge in [-0.05, 0) is 62.2 Å². The lowest BCUT2D eigenvalue weighted by atomic mass is 9.58. The molecule has 220 valence electrons. The van der Waals surface area contributed by atoms with Crippen molar-refractivity contribution in [2.75, 3.05) is 27.8 Å². The highest BCUT2D eigenvalue weighted by Gasteiger charge is 2.63. The molecule has 0 spiro atoms. The van der Waals surface area contributed by atoms with Gasteiger partial charge in [0, 0.05) is 36.8 Å². The molecule has 0 saturated carbocycles. The number of methoxy groups -OCH3 is 1. The van der Waals surface area contributed by atoms with Crippen molar-refractivity contribution in [3.8, 4) is 17.0 Å². The number of aromatic nitrogens is 1. The Morgan fingerprint density at radius 2 is 1.86 bits per heavy atom. The molecule has 0 bridgehead atoms. The Kier molecular flexibility index (Phi) is 7.25. The van der Waals surface area contributed by atoms with Crippen molar-refractivity contribution in [1.29, 1.82) is 0 Å². The molecule has 0 radical (unpaired) electrons. The number of carbonyl (C=O) groups excluding carboxylic acids is 4. The van der Waals surface area contributed by atoms with Gasteiger partial charge in [0.1, 0.15) is 29.4 Å². The van der Waals surface area contributed by atoms with Crippen LogP contribution in [0.1, 0.15) is 27.9 Å². The second kappa shape index (κ2) is 10.5. The summed E-state index contributed by atoms with van der Waals surface area (Å²) >= 11 is 0. The molecule has 0 unspecified atom stereocenters. The number of aliphatic hydroxyl groups excluding tert-OH is 2. The third-order valence-corrected chi connectivity index (χ3v) is 8.41. The van der Waals surface area contributed by atoms with Crippen molar-refractivity contribution in [3.05, 3.63) is 69.8 Å². The molecule has 3 aliphatic rings. The third-order valence-electron chi connectivity index (χ3n) is 8.41. The molecule has 0 saturated heterocycles. The molecular weight excluding hydrogens is 546 g/mol. The first-order valence-corrected chi connectivity index (χ1v) is 13.3. The maximum absolute atomic E-state index is 13.9. The van der Waals surface area contributed by atoms with E-state index in [0.29, 0.717) is 22.4 Å². The van der Waals surface area contributed by atoms with Gasteiger partial charge in [0.05, 0.1) is 17.3 Å². The normalized spacial score (nSPS) is 25.3. The van der Waals surface area contributed by atoms with Crippen molar-refractivity contribution >= 4 is 23.3 Å². The number of phenolic OH excluding ortho intramolecular Hbond substituents is 1. The average Bonchev–Trinajstić information content (AvgIpc) is 2.91. The molecule has 42 heavy (non-hydrogen) atoms. The van der Waals surface area contributed by atoms with Crippen LogP contribution in [0.25, 0.3) is 11.3 Å². The molecule has 1 aromatic carbocycles. The number of benzene rings is 1. The SMILES string of the molecule is COCC(=O)Cc1ccc(-c2ccc(O)c3c2C[C@H]2C[C@H]4[C@@H](N(C)C)C(O)=C(C(N)=O)C(=O)[C@@]4(O)C(O)=C2C3=O)nc1. The lowest BCUT2D eigenvalue weighted by molar-refractivity contribution is -0.148. The number of amides is 1. The Hall–Kier alpha value is -4.39. The first-order chi connectivity index (χ1) is 19.8. The first kappa shape index (κ1) is 29.1. The van der Waals surface area contributed by atoms with Gasteiger partial charge in [0.2, 0.25) is 5.78 Å². The van der Waals surface area contributed by atoms with Crippen molar-refractivity contribution in [2.24, 2.45) is 17.6 Å². The fraction of sp³-hybridized carbons (Fsp3) is 0.367. The van der Waals surface area contributed by atoms with E-state index in [4.69, 9.17) is 10.5 Å². The molecule has 2 aromatic rings. The Bertz CT molecular complexity index is 1590. The van der Waals surface area contributed by atoms with E-state index in [1.54, 1.807) is 38.5 Å². The van der Waals surface area contributed by atoms with E-state index < -0.39 is 58.0 Å². The van der Waals surface area contributed by atoms with Gasteiger partial charge in [-0.3, -0.25) is 29.1 Å². The molecule has 12 nitrogen and oxygen atoms in total. The van der Waals surface area contributed by atoms with Crippen LogP contribution >= 0.6 is 0 Å². The number of ketones is 3. The summed E-state index contributed by atoms with van der Waals surface area (Å²) in [6, 6.07) is 5.30. The van der Waals surface area contributed by atoms with E-state index in [2.05, 4.69) is 4.98 Å². The lowest BCUT2D eigenvalue weighted by Gasteiger charge is -2.50. The van der Waals surface area contributed by atoms with Gasteiger partial charge in [-0.2, -0.15) is 0 Å². The number of nitrogens with two attached hydrogens (primary N) is 1. The molecule has 0 fully saturated rings. The van der Waals surface area contributed by atoms with Gasteiger partial charge in [0.15, 0.2) is 17.2 Å². The fourth-order valence-corrected chi connectivity index (χ4v) is 6.62. The van der Waals surface area contributed by atoms with Crippen LogP contribution in [0.15, 0.2) is 53.1 Å². The third kappa shape index (κ3) is 4.30. The van der Waals surface area contributed by atoms with E-state index in [0.717, 1.165) is 0 Å². The topological polar surface area (TPSA) is 201 Å². The van der Waals surface area contributed by atoms with E-state index in [1.165, 1.54) is 18.1 Å². The molecular formula is C30H31N3O9. The second-order valence-electron chi connectivity index (χ2n) is 11.1. The number of likely N-dealkylation sites (N-methyl/N-ethyl adjacent to an activating group) is 1. The van der Waals surface area contributed by atoms with Crippen LogP contribution in [0.4, 0.5) is 0 Å². The largest absolute Gasteiger partial charge is 0.510 e. The zero-order valence-corrected chi connectivity index (χ0v) is 23.2. The predicted octanol–water partition coefficient (Wildman–Crippen LogP) is 0.941. The summed E-state index contributed by atoms with van der Waals surface area (Å²) in [6.07, 6.45) is 1.80. The number of carbonyl (C=O) groups is 4. The van der Waals surface area contributed by atoms with Gasteiger partial charge in [-0.1, -0.05) is 6.07 Å². The maximum Gasteiger partial charge on any atom is 0.255 e. The molecule has 3 aliphatic carbocycles. The number of hydrogen-bond acceptors (Lipinski definition) is 11. The molecule has 6 N–H and O–H groups in total. The maximum atomic E-state index is 13.9. The fourth-order valence-electron chi connectivity index (χ4n) is 6.62. The number of allylic oxidation sites excluding steroid dienone is 1. The number of fused-ring (bicyclic) bond motifs is 3. The van der Waals surface area contributed by atoms with Crippen LogP contribution in [0.3, 0.4) is 0 Å². The second-order valence-corrected chi connectivity index (χ2v) is 11.1. The monoisotopic (exact) mass is 577 g/mol. The average molecular weight is 578 g/mol. The summed E-state index contributed by atoms with van der Waals surface area (Å²) in [5.41, 5.74) is 3.64. The standard InChI is InChI=1S/C30H31N3O9/c1-33(2)24-18-10-14-9-17-16(19-6-4-13(11-32-19)8-15(34)12-42-3)5-7-20(35)22(17)25(36)21(14)27(38)30(18,41)28(39)23(26(24)37)29(31)40/h4-7,11,14,18,24,35,37-38,41H,8-10,12H2,1-3H3,(H2,31,40)/t14-,18-,24+,30-/m0/s1. The summed E-state index contributed by atoms with van der Waals surface area (Å²) in [5, 5.41) is 44.8. The number of nitrogens with zero attached hydrogens (tertiary/aromatic N) is 2. The van der Waals surface area contributed by atoms with Crippen LogP contribution in [0.5, 0.6) is 5.75 Å². The first-order valence-electron chi connectivity index (χ1n) is 13.3. The summed E-state index contributed by atoms with van der Waals surface area (Å²) in [4.78, 5) is 57.3. The van der Waals surface area contributed by atoms with Gasteiger partial charge >= 0.3 is 0 Å². The quantitative estimate of drug-likeness (QED) is 0.293. The molecule has 1 heterocycles. The minimum absolute atomic E-state index is 0.0190. The number of aromatic hydroxyl groups is 1. The van der Waals surface area contributed by atoms with E-state index in [-0.39, 0.29) is 48.5 Å². The number of rotatable bonds is 7. The highest BCUT2D eigenvalue weighted by atomic mass is 16.5. The minimum atomic E-state index is -2.70. The van der Waals surface area contributed by atoms with Crippen molar-refractivity contribution < 1.29 is 44.3 Å². The van der Waals surface area contributed by atoms with Crippen molar-refractivity contribution in [1.82, 2.24) is 9.88 Å². The Balaban J connectivity index is 1.61. The minimum Gasteiger partial charge on any atom is -0.510 e. The van der Waals surface area contributed by atoms with Crippen LogP contribution in [-0.2, 0) is 32.0 Å². The Labute approximate surface area is 240 Å². The van der Waals surface area contributed by atoms with Gasteiger partial charge in [-0.25, -0.2) is 0 Å².